The van der Waals surface area contributed by atoms with Gasteiger partial charge in [-0.25, -0.2) is 4.79 Å². The number of carbonyl (C=O) groups is 1. The highest BCUT2D eigenvalue weighted by Gasteiger charge is 2.31. The normalized spacial score (nSPS) is 11.3. The Kier molecular flexibility index (Phi) is 8.43. The van der Waals surface area contributed by atoms with Gasteiger partial charge in [0.2, 0.25) is 18.0 Å². The molecule has 4 aromatic rings. The first kappa shape index (κ1) is 28.6. The maximum atomic E-state index is 13.3. The molecule has 1 heterocycles. The monoisotopic (exact) mass is 577 g/mol. The molecule has 0 radical (unpaired) electrons. The van der Waals surface area contributed by atoms with E-state index < -0.39 is 19.3 Å². The lowest BCUT2D eigenvalue weighted by atomic mass is 9.97. The number of halogens is 4. The molecule has 12 heteroatoms. The van der Waals surface area contributed by atoms with Crippen LogP contribution in [0.1, 0.15) is 12.6 Å². The van der Waals surface area contributed by atoms with Crippen molar-refractivity contribution in [3.05, 3.63) is 76.6 Å². The largest absolute Gasteiger partial charge is 0.618 e. The van der Waals surface area contributed by atoms with Crippen LogP contribution in [-0.4, -0.2) is 33.0 Å². The topological polar surface area (TPSA) is 90.2 Å². The third-order valence-corrected chi connectivity index (χ3v) is 6.16. The number of benzene rings is 3. The molecular weight excluding hydrogens is 555 g/mol. The fourth-order valence-corrected chi connectivity index (χ4v) is 4.34. The molecule has 4 rings (SSSR count). The van der Waals surface area contributed by atoms with Crippen LogP contribution in [0.4, 0.5) is 18.0 Å². The Balaban J connectivity index is 1.76. The summed E-state index contributed by atoms with van der Waals surface area (Å²) >= 11 is 6.36. The molecule has 0 amide bonds. The number of hydrogen-bond acceptors (Lipinski definition) is 7. The number of nitrogens with zero attached hydrogens (tertiary/aromatic N) is 1. The van der Waals surface area contributed by atoms with Gasteiger partial charge in [0.1, 0.15) is 11.5 Å². The van der Waals surface area contributed by atoms with Gasteiger partial charge in [-0.15, -0.1) is 13.2 Å². The van der Waals surface area contributed by atoms with Crippen LogP contribution in [-0.2, 0) is 9.47 Å². The third kappa shape index (κ3) is 6.26. The van der Waals surface area contributed by atoms with Gasteiger partial charge in [-0.1, -0.05) is 48.0 Å². The Morgan fingerprint density at radius 3 is 2.15 bits per heavy atom. The lowest BCUT2D eigenvalue weighted by molar-refractivity contribution is -0.583. The molecule has 0 atom stereocenters. The van der Waals surface area contributed by atoms with E-state index in [0.717, 1.165) is 4.73 Å². The van der Waals surface area contributed by atoms with Crippen molar-refractivity contribution < 1.29 is 46.4 Å². The first-order valence-corrected chi connectivity index (χ1v) is 12.2. The first-order valence-electron chi connectivity index (χ1n) is 11.8. The molecular formula is C28H23ClF3NO7. The van der Waals surface area contributed by atoms with Crippen molar-refractivity contribution in [2.75, 3.05) is 20.5 Å². The summed E-state index contributed by atoms with van der Waals surface area (Å²) in [7, 11) is 1.42. The number of methoxy groups -OCH3 is 1. The van der Waals surface area contributed by atoms with Crippen LogP contribution in [0.25, 0.3) is 33.2 Å². The molecule has 8 nitrogen and oxygen atoms in total. The number of carbonyl (C=O) groups excluding carboxylic acids is 1. The van der Waals surface area contributed by atoms with Crippen LogP contribution in [0.2, 0.25) is 5.02 Å². The van der Waals surface area contributed by atoms with Crippen LogP contribution in [0.3, 0.4) is 0 Å². The zero-order valence-electron chi connectivity index (χ0n) is 21.5. The van der Waals surface area contributed by atoms with Gasteiger partial charge in [0.25, 0.3) is 0 Å². The molecule has 0 saturated heterocycles. The fraction of sp³-hybridized carbons (Fsp3) is 0.214. The number of fused-ring (bicyclic) bond motifs is 1. The van der Waals surface area contributed by atoms with Crippen LogP contribution in [0.15, 0.2) is 60.7 Å². The molecule has 0 aliphatic rings. The molecule has 0 aliphatic heterocycles. The van der Waals surface area contributed by atoms with E-state index in [0.29, 0.717) is 27.6 Å². The smallest absolute Gasteiger partial charge is 0.573 e. The molecule has 40 heavy (non-hydrogen) atoms. The molecule has 3 aromatic carbocycles. The van der Waals surface area contributed by atoms with Gasteiger partial charge >= 0.3 is 12.5 Å². The molecule has 0 fully saturated rings. The zero-order chi connectivity index (χ0) is 29.0. The van der Waals surface area contributed by atoms with Gasteiger partial charge in [-0.2, -0.15) is 4.73 Å². The molecule has 1 aromatic heterocycles. The van der Waals surface area contributed by atoms with Crippen LogP contribution < -0.4 is 18.9 Å². The van der Waals surface area contributed by atoms with E-state index in [1.807, 2.05) is 0 Å². The predicted octanol–water partition coefficient (Wildman–Crippen LogP) is 7.19. The molecule has 0 aliphatic carbocycles. The van der Waals surface area contributed by atoms with E-state index in [2.05, 4.69) is 4.74 Å². The van der Waals surface area contributed by atoms with Crippen LogP contribution in [0, 0.1) is 12.1 Å². The van der Waals surface area contributed by atoms with Crippen molar-refractivity contribution in [1.82, 2.24) is 0 Å². The van der Waals surface area contributed by atoms with E-state index in [1.54, 1.807) is 38.1 Å². The molecule has 0 N–H and O–H groups in total. The molecule has 0 saturated carbocycles. The van der Waals surface area contributed by atoms with Gasteiger partial charge in [-0.05, 0) is 41.8 Å². The number of aromatic nitrogens is 1. The summed E-state index contributed by atoms with van der Waals surface area (Å²) in [6.07, 6.45) is -5.70. The quantitative estimate of drug-likeness (QED) is 0.0947. The second-order valence-electron chi connectivity index (χ2n) is 8.33. The number of pyridine rings is 1. The van der Waals surface area contributed by atoms with Crippen molar-refractivity contribution in [3.63, 3.8) is 0 Å². The Hall–Kier alpha value is -4.38. The summed E-state index contributed by atoms with van der Waals surface area (Å²) < 4.78 is 62.9. The predicted molar refractivity (Wildman–Crippen MR) is 140 cm³/mol. The SMILES string of the molecule is CCOC(=O)OCOc1c(-c2ccc(-c3ccc(OC(F)(F)F)cc3)cc2)c(C)[n+]([O-])c2cc(OC)c(Cl)cc12. The number of alkyl halides is 3. The van der Waals surface area contributed by atoms with E-state index in [1.165, 1.54) is 43.5 Å². The Morgan fingerprint density at radius 1 is 0.975 bits per heavy atom. The Bertz CT molecular complexity index is 1530. The average Bonchev–Trinajstić information content (AvgIpc) is 2.91. The van der Waals surface area contributed by atoms with Gasteiger partial charge < -0.3 is 28.9 Å². The van der Waals surface area contributed by atoms with Crippen molar-refractivity contribution in [2.24, 2.45) is 0 Å². The highest BCUT2D eigenvalue weighted by molar-refractivity contribution is 6.33. The first-order chi connectivity index (χ1) is 19.0. The number of rotatable bonds is 8. The van der Waals surface area contributed by atoms with E-state index >= 15 is 0 Å². The Morgan fingerprint density at radius 2 is 1.57 bits per heavy atom. The maximum Gasteiger partial charge on any atom is 0.573 e. The highest BCUT2D eigenvalue weighted by atomic mass is 35.5. The van der Waals surface area contributed by atoms with Gasteiger partial charge in [-0.3, -0.25) is 0 Å². The van der Waals surface area contributed by atoms with E-state index in [9.17, 15) is 23.2 Å². The van der Waals surface area contributed by atoms with Gasteiger partial charge in [0.15, 0.2) is 5.75 Å². The summed E-state index contributed by atoms with van der Waals surface area (Å²) in [5.41, 5.74) is 2.85. The van der Waals surface area contributed by atoms with Crippen LogP contribution >= 0.6 is 11.6 Å². The van der Waals surface area contributed by atoms with E-state index in [-0.39, 0.29) is 40.1 Å². The maximum absolute atomic E-state index is 13.3. The molecule has 0 unspecified atom stereocenters. The standard InChI is InChI=1S/C28H23ClF3NO7/c1-4-37-27(34)39-15-38-26-21-13-22(29)24(36-3)14-23(21)33(35)16(2)25(26)19-7-5-17(6-8-19)18-9-11-20(12-10-18)40-28(30,31)32/h5-14H,4,15H2,1-3H3. The van der Waals surface area contributed by atoms with Crippen molar-refractivity contribution in [3.8, 4) is 39.5 Å². The number of hydrogen-bond donors (Lipinski definition) is 0. The summed E-state index contributed by atoms with van der Waals surface area (Å²) in [6.45, 7) is 2.85. The minimum atomic E-state index is -4.78. The minimum absolute atomic E-state index is 0.119. The number of ether oxygens (including phenoxy) is 5. The molecule has 210 valence electrons. The average molecular weight is 578 g/mol. The second-order valence-corrected chi connectivity index (χ2v) is 8.73. The minimum Gasteiger partial charge on any atom is -0.618 e. The molecule has 0 spiro atoms. The highest BCUT2D eigenvalue weighted by Crippen LogP contribution is 2.41. The lowest BCUT2D eigenvalue weighted by Gasteiger charge is -2.18. The molecule has 0 bridgehead atoms. The summed E-state index contributed by atoms with van der Waals surface area (Å²) in [4.78, 5) is 11.7. The fourth-order valence-electron chi connectivity index (χ4n) is 4.09. The Labute approximate surface area is 231 Å². The van der Waals surface area contributed by atoms with Crippen molar-refractivity contribution >= 4 is 28.7 Å². The van der Waals surface area contributed by atoms with E-state index in [4.69, 9.17) is 30.5 Å². The summed E-state index contributed by atoms with van der Waals surface area (Å²) in [5.74, 6) is 0.187. The van der Waals surface area contributed by atoms with Crippen molar-refractivity contribution in [2.45, 2.75) is 20.2 Å². The summed E-state index contributed by atoms with van der Waals surface area (Å²) in [5, 5.41) is 13.9. The van der Waals surface area contributed by atoms with Gasteiger partial charge in [0.05, 0.1) is 35.8 Å². The van der Waals surface area contributed by atoms with Crippen LogP contribution in [0.5, 0.6) is 17.2 Å². The third-order valence-electron chi connectivity index (χ3n) is 5.86. The van der Waals surface area contributed by atoms with Crippen molar-refractivity contribution in [1.29, 1.82) is 0 Å². The second kappa shape index (κ2) is 11.8. The lowest BCUT2D eigenvalue weighted by Crippen LogP contribution is -2.32. The van der Waals surface area contributed by atoms with Gasteiger partial charge in [0, 0.05) is 6.92 Å². The zero-order valence-corrected chi connectivity index (χ0v) is 22.3. The summed E-state index contributed by atoms with van der Waals surface area (Å²) in [6, 6.07) is 15.4.